The van der Waals surface area contributed by atoms with Crippen molar-refractivity contribution >= 4 is 37.8 Å². The lowest BCUT2D eigenvalue weighted by Gasteiger charge is -2.50. The fraction of sp³-hybridized carbons (Fsp3) is 0.522. The number of nitrogen functional groups attached to an aromatic ring is 1. The molecule has 0 amide bonds. The fourth-order valence-corrected chi connectivity index (χ4v) is 5.66. The van der Waals surface area contributed by atoms with Crippen molar-refractivity contribution in [3.8, 4) is 0 Å². The van der Waals surface area contributed by atoms with Crippen molar-refractivity contribution in [2.75, 3.05) is 24.7 Å². The van der Waals surface area contributed by atoms with Crippen LogP contribution >= 0.6 is 11.8 Å². The van der Waals surface area contributed by atoms with Crippen LogP contribution in [0.15, 0.2) is 36.9 Å². The first-order valence-electron chi connectivity index (χ1n) is 11.1. The largest absolute Gasteiger partial charge is 0.416 e. The summed E-state index contributed by atoms with van der Waals surface area (Å²) < 4.78 is 14.4. The molecular weight excluding hydrogens is 438 g/mol. The van der Waals surface area contributed by atoms with Gasteiger partial charge >= 0.3 is 0 Å². The minimum Gasteiger partial charge on any atom is -0.416 e. The van der Waals surface area contributed by atoms with Crippen molar-refractivity contribution in [2.24, 2.45) is 5.92 Å². The zero-order valence-corrected chi connectivity index (χ0v) is 21.5. The Morgan fingerprint density at radius 1 is 1.22 bits per heavy atom. The van der Waals surface area contributed by atoms with Gasteiger partial charge in [0.2, 0.25) is 0 Å². The van der Waals surface area contributed by atoms with Crippen LogP contribution in [0.3, 0.4) is 0 Å². The molecule has 1 saturated heterocycles. The van der Waals surface area contributed by atoms with E-state index in [0.29, 0.717) is 36.1 Å². The Balaban J connectivity index is 1.49. The second-order valence-electron chi connectivity index (χ2n) is 9.72. The van der Waals surface area contributed by atoms with E-state index in [1.165, 1.54) is 17.5 Å². The Hall–Kier alpha value is -1.94. The SMILES string of the molecule is C[SiH](C)OC[C@]1(n2cnc3c(N)ncnc32)OC[C@H]1CSCc1ccc(C(C)(C)C)cc1. The van der Waals surface area contributed by atoms with Crippen molar-refractivity contribution in [3.05, 3.63) is 48.0 Å². The van der Waals surface area contributed by atoms with Gasteiger partial charge in [0.05, 0.1) is 19.5 Å². The zero-order valence-electron chi connectivity index (χ0n) is 19.5. The molecule has 1 fully saturated rings. The van der Waals surface area contributed by atoms with Crippen LogP contribution in [-0.2, 0) is 26.1 Å². The molecule has 4 rings (SSSR count). The van der Waals surface area contributed by atoms with Gasteiger partial charge in [-0.2, -0.15) is 11.8 Å². The minimum atomic E-state index is -1.23. The predicted molar refractivity (Wildman–Crippen MR) is 133 cm³/mol. The molecule has 1 aliphatic rings. The smallest absolute Gasteiger partial charge is 0.175 e. The van der Waals surface area contributed by atoms with E-state index in [9.17, 15) is 0 Å². The fourth-order valence-electron chi connectivity index (χ4n) is 3.90. The third-order valence-electron chi connectivity index (χ3n) is 5.97. The summed E-state index contributed by atoms with van der Waals surface area (Å²) in [5, 5.41) is 0. The first-order valence-corrected chi connectivity index (χ1v) is 15.0. The number of nitrogens with zero attached hydrogens (tertiary/aromatic N) is 4. The van der Waals surface area contributed by atoms with Crippen LogP contribution < -0.4 is 5.73 Å². The molecule has 0 radical (unpaired) electrons. The van der Waals surface area contributed by atoms with E-state index in [1.807, 2.05) is 16.3 Å². The number of anilines is 1. The number of hydrogen-bond donors (Lipinski definition) is 1. The first kappa shape index (κ1) is 23.2. The molecule has 7 nitrogen and oxygen atoms in total. The molecule has 1 aromatic carbocycles. The van der Waals surface area contributed by atoms with Crippen LogP contribution in [-0.4, -0.2) is 47.5 Å². The summed E-state index contributed by atoms with van der Waals surface area (Å²) in [6.45, 7) is 12.3. The monoisotopic (exact) mass is 471 g/mol. The molecular formula is C23H33N5O2SSi. The number of ether oxygens (including phenoxy) is 1. The lowest BCUT2D eigenvalue weighted by molar-refractivity contribution is -0.263. The minimum absolute atomic E-state index is 0.175. The summed E-state index contributed by atoms with van der Waals surface area (Å²) in [4.78, 5) is 13.0. The number of hydrogen-bond acceptors (Lipinski definition) is 7. The predicted octanol–water partition coefficient (Wildman–Crippen LogP) is 3.94. The van der Waals surface area contributed by atoms with Crippen molar-refractivity contribution in [1.82, 2.24) is 19.5 Å². The van der Waals surface area contributed by atoms with E-state index >= 15 is 0 Å². The molecule has 0 bridgehead atoms. The van der Waals surface area contributed by atoms with E-state index < -0.39 is 14.8 Å². The zero-order chi connectivity index (χ0) is 22.9. The van der Waals surface area contributed by atoms with Gasteiger partial charge in [-0.15, -0.1) is 0 Å². The highest BCUT2D eigenvalue weighted by Gasteiger charge is 2.51. The van der Waals surface area contributed by atoms with Crippen molar-refractivity contribution in [2.45, 2.75) is 50.8 Å². The standard InChI is InChI=1S/C23H33N5O2SSi/c1-22(2,3)17-8-6-16(7-9-17)11-31-12-18-10-29-23(18,13-30-32(4)5)28-15-27-19-20(24)25-14-26-21(19)28/h6-9,14-15,18,32H,10-13H2,1-5H3,(H2,24,25,26)/t18-,23-/m0/s1. The normalized spacial score (nSPS) is 21.2. The molecule has 3 heterocycles. The molecule has 0 aliphatic carbocycles. The molecule has 2 atom stereocenters. The molecule has 1 aliphatic heterocycles. The van der Waals surface area contributed by atoms with E-state index in [4.69, 9.17) is 14.9 Å². The second kappa shape index (κ2) is 9.13. The highest BCUT2D eigenvalue weighted by molar-refractivity contribution is 7.98. The number of aromatic nitrogens is 4. The number of rotatable bonds is 8. The summed E-state index contributed by atoms with van der Waals surface area (Å²) in [5.41, 5.74) is 9.59. The van der Waals surface area contributed by atoms with Gasteiger partial charge in [0.25, 0.3) is 0 Å². The Morgan fingerprint density at radius 2 is 1.97 bits per heavy atom. The van der Waals surface area contributed by atoms with Gasteiger partial charge in [0, 0.05) is 17.4 Å². The second-order valence-corrected chi connectivity index (χ2v) is 13.2. The number of thioether (sulfide) groups is 1. The summed E-state index contributed by atoms with van der Waals surface area (Å²) in [7, 11) is -1.23. The van der Waals surface area contributed by atoms with Gasteiger partial charge in [-0.3, -0.25) is 4.57 Å². The molecule has 0 unspecified atom stereocenters. The molecule has 3 aromatic rings. The maximum absolute atomic E-state index is 6.24. The van der Waals surface area contributed by atoms with Crippen LogP contribution in [0.4, 0.5) is 5.82 Å². The molecule has 0 saturated carbocycles. The van der Waals surface area contributed by atoms with Crippen molar-refractivity contribution in [3.63, 3.8) is 0 Å². The highest BCUT2D eigenvalue weighted by Crippen LogP contribution is 2.42. The maximum atomic E-state index is 6.24. The summed E-state index contributed by atoms with van der Waals surface area (Å²) in [6.07, 6.45) is 3.24. The van der Waals surface area contributed by atoms with Gasteiger partial charge in [0.15, 0.2) is 26.2 Å². The lowest BCUT2D eigenvalue weighted by atomic mass is 9.87. The van der Waals surface area contributed by atoms with E-state index in [-0.39, 0.29) is 5.41 Å². The van der Waals surface area contributed by atoms with Crippen molar-refractivity contribution in [1.29, 1.82) is 0 Å². The van der Waals surface area contributed by atoms with E-state index in [0.717, 1.165) is 11.5 Å². The summed E-state index contributed by atoms with van der Waals surface area (Å²) in [6, 6.07) is 8.98. The highest BCUT2D eigenvalue weighted by atomic mass is 32.2. The number of fused-ring (bicyclic) bond motifs is 1. The van der Waals surface area contributed by atoms with Gasteiger partial charge in [-0.25, -0.2) is 15.0 Å². The maximum Gasteiger partial charge on any atom is 0.175 e. The average Bonchev–Trinajstić information content (AvgIpc) is 3.16. The number of nitrogens with two attached hydrogens (primary N) is 1. The van der Waals surface area contributed by atoms with Gasteiger partial charge in [-0.05, 0) is 29.6 Å². The third kappa shape index (κ3) is 4.57. The quantitative estimate of drug-likeness (QED) is 0.498. The van der Waals surface area contributed by atoms with Crippen LogP contribution in [0.1, 0.15) is 31.9 Å². The third-order valence-corrected chi connectivity index (χ3v) is 7.98. The average molecular weight is 472 g/mol. The Labute approximate surface area is 195 Å². The van der Waals surface area contributed by atoms with Crippen LogP contribution in [0.25, 0.3) is 11.2 Å². The van der Waals surface area contributed by atoms with Crippen LogP contribution in [0.2, 0.25) is 13.1 Å². The molecule has 2 aromatic heterocycles. The van der Waals surface area contributed by atoms with E-state index in [1.54, 1.807) is 6.33 Å². The van der Waals surface area contributed by atoms with Gasteiger partial charge in [0.1, 0.15) is 11.8 Å². The number of imidazole rings is 1. The molecule has 9 heteroatoms. The number of benzene rings is 1. The van der Waals surface area contributed by atoms with Crippen LogP contribution in [0, 0.1) is 5.92 Å². The van der Waals surface area contributed by atoms with Gasteiger partial charge in [-0.1, -0.05) is 45.0 Å². The topological polar surface area (TPSA) is 88.1 Å². The summed E-state index contributed by atoms with van der Waals surface area (Å²) >= 11 is 1.93. The lowest BCUT2D eigenvalue weighted by Crippen LogP contribution is -2.59. The first-order chi connectivity index (χ1) is 15.2. The molecule has 172 valence electrons. The molecule has 2 N–H and O–H groups in total. The Bertz CT molecular complexity index is 1070. The van der Waals surface area contributed by atoms with Crippen molar-refractivity contribution < 1.29 is 9.16 Å². The molecule has 32 heavy (non-hydrogen) atoms. The van der Waals surface area contributed by atoms with Gasteiger partial charge < -0.3 is 14.9 Å². The Kier molecular flexibility index (Phi) is 6.62. The summed E-state index contributed by atoms with van der Waals surface area (Å²) in [5.74, 6) is 2.61. The molecule has 0 spiro atoms. The van der Waals surface area contributed by atoms with E-state index in [2.05, 4.69) is 73.1 Å². The van der Waals surface area contributed by atoms with Crippen LogP contribution in [0.5, 0.6) is 0 Å². The Morgan fingerprint density at radius 3 is 2.59 bits per heavy atom.